The first-order chi connectivity index (χ1) is 8.63. The molecule has 5 nitrogen and oxygen atoms in total. The Morgan fingerprint density at radius 2 is 2.11 bits per heavy atom. The topological polar surface area (TPSA) is 61.8 Å². The van der Waals surface area contributed by atoms with Crippen molar-refractivity contribution in [3.05, 3.63) is 21.9 Å². The van der Waals surface area contributed by atoms with E-state index in [1.54, 1.807) is 0 Å². The van der Waals surface area contributed by atoms with E-state index in [9.17, 15) is 9.59 Å². The Morgan fingerprint density at radius 3 is 2.67 bits per heavy atom. The Labute approximate surface area is 110 Å². The fraction of sp³-hybridized carbons (Fsp3) is 0.500. The highest BCUT2D eigenvalue weighted by molar-refractivity contribution is 7.12. The van der Waals surface area contributed by atoms with Gasteiger partial charge in [-0.05, 0) is 23.4 Å². The number of ether oxygens (including phenoxy) is 3. The number of carbonyl (C=O) groups excluding carboxylic acids is 2. The van der Waals surface area contributed by atoms with Gasteiger partial charge in [-0.25, -0.2) is 9.59 Å². The number of hydrogen-bond donors (Lipinski definition) is 0. The van der Waals surface area contributed by atoms with Crippen molar-refractivity contribution >= 4 is 23.3 Å². The van der Waals surface area contributed by atoms with Crippen LogP contribution >= 0.6 is 11.3 Å². The van der Waals surface area contributed by atoms with E-state index >= 15 is 0 Å². The van der Waals surface area contributed by atoms with Gasteiger partial charge in [-0.3, -0.25) is 0 Å². The average molecular weight is 272 g/mol. The van der Waals surface area contributed by atoms with E-state index in [1.165, 1.54) is 25.6 Å². The lowest BCUT2D eigenvalue weighted by Gasteiger charge is -2.14. The van der Waals surface area contributed by atoms with Crippen LogP contribution in [0.1, 0.15) is 22.2 Å². The Balaban J connectivity index is 2.75. The highest BCUT2D eigenvalue weighted by Crippen LogP contribution is 2.19. The van der Waals surface area contributed by atoms with Gasteiger partial charge in [0.25, 0.3) is 0 Å². The second-order valence-electron chi connectivity index (χ2n) is 3.50. The Bertz CT molecular complexity index is 412. The first-order valence-corrected chi connectivity index (χ1v) is 6.36. The van der Waals surface area contributed by atoms with Crippen LogP contribution in [0.4, 0.5) is 0 Å². The van der Waals surface area contributed by atoms with Gasteiger partial charge in [0, 0.05) is 7.11 Å². The summed E-state index contributed by atoms with van der Waals surface area (Å²) < 4.78 is 14.5. The van der Waals surface area contributed by atoms with Crippen molar-refractivity contribution in [3.63, 3.8) is 0 Å². The number of methoxy groups -OCH3 is 2. The molecular weight excluding hydrogens is 256 g/mol. The first-order valence-electron chi connectivity index (χ1n) is 5.48. The van der Waals surface area contributed by atoms with Gasteiger partial charge in [0.1, 0.15) is 4.88 Å². The van der Waals surface area contributed by atoms with Crippen molar-refractivity contribution in [3.8, 4) is 0 Å². The second-order valence-corrected chi connectivity index (χ2v) is 4.42. The lowest BCUT2D eigenvalue weighted by Crippen LogP contribution is -2.32. The van der Waals surface area contributed by atoms with Crippen LogP contribution in [0, 0.1) is 0 Å². The molecule has 0 amide bonds. The summed E-state index contributed by atoms with van der Waals surface area (Å²) in [6, 6.07) is 1.87. The van der Waals surface area contributed by atoms with Crippen molar-refractivity contribution in [2.45, 2.75) is 19.4 Å². The molecule has 0 spiro atoms. The highest BCUT2D eigenvalue weighted by atomic mass is 32.1. The quantitative estimate of drug-likeness (QED) is 0.737. The molecule has 0 aliphatic heterocycles. The maximum absolute atomic E-state index is 11.9. The zero-order valence-corrected chi connectivity index (χ0v) is 11.4. The summed E-state index contributed by atoms with van der Waals surface area (Å²) >= 11 is 1.29. The van der Waals surface area contributed by atoms with Crippen LogP contribution in [0.3, 0.4) is 0 Å². The molecule has 1 aromatic rings. The van der Waals surface area contributed by atoms with Gasteiger partial charge in [0.2, 0.25) is 6.10 Å². The van der Waals surface area contributed by atoms with Crippen molar-refractivity contribution < 1.29 is 23.8 Å². The average Bonchev–Trinajstić information content (AvgIpc) is 2.85. The van der Waals surface area contributed by atoms with Gasteiger partial charge in [-0.15, -0.1) is 11.3 Å². The smallest absolute Gasteiger partial charge is 0.349 e. The van der Waals surface area contributed by atoms with Crippen molar-refractivity contribution in [2.24, 2.45) is 0 Å². The van der Waals surface area contributed by atoms with E-state index in [2.05, 4.69) is 4.74 Å². The molecule has 0 aliphatic carbocycles. The minimum absolute atomic E-state index is 0.0226. The fourth-order valence-electron chi connectivity index (χ4n) is 1.41. The summed E-state index contributed by atoms with van der Waals surface area (Å²) in [7, 11) is 2.66. The lowest BCUT2D eigenvalue weighted by atomic mass is 10.2. The van der Waals surface area contributed by atoms with Gasteiger partial charge >= 0.3 is 11.9 Å². The molecule has 1 atom stereocenters. The van der Waals surface area contributed by atoms with Gasteiger partial charge in [0.05, 0.1) is 13.7 Å². The summed E-state index contributed by atoms with van der Waals surface area (Å²) in [5.41, 5.74) is 0.908. The van der Waals surface area contributed by atoms with E-state index < -0.39 is 18.0 Å². The SMILES string of the molecule is CCc1ccsc1C(=O)O[C@H](COC)C(=O)OC. The monoisotopic (exact) mass is 272 g/mol. The van der Waals surface area contributed by atoms with E-state index in [4.69, 9.17) is 9.47 Å². The molecule has 0 N–H and O–H groups in total. The first kappa shape index (κ1) is 14.7. The zero-order valence-electron chi connectivity index (χ0n) is 10.6. The Hall–Kier alpha value is -1.40. The van der Waals surface area contributed by atoms with E-state index in [1.807, 2.05) is 18.4 Å². The van der Waals surface area contributed by atoms with Crippen LogP contribution in [-0.4, -0.2) is 38.9 Å². The molecular formula is C12H16O5S. The maximum Gasteiger partial charge on any atom is 0.349 e. The van der Waals surface area contributed by atoms with Gasteiger partial charge in [-0.2, -0.15) is 0 Å². The summed E-state index contributed by atoms with van der Waals surface area (Å²) in [5, 5.41) is 1.82. The third kappa shape index (κ3) is 3.54. The van der Waals surface area contributed by atoms with Crippen LogP contribution in [0.2, 0.25) is 0 Å². The molecule has 0 radical (unpaired) electrons. The van der Waals surface area contributed by atoms with Crippen LogP contribution in [-0.2, 0) is 25.4 Å². The van der Waals surface area contributed by atoms with Crippen molar-refractivity contribution in [2.75, 3.05) is 20.8 Å². The predicted octanol–water partition coefficient (Wildman–Crippen LogP) is 1.66. The summed E-state index contributed by atoms with van der Waals surface area (Å²) in [6.45, 7) is 1.93. The Kier molecular flexibility index (Phi) is 5.80. The van der Waals surface area contributed by atoms with Crippen LogP contribution in [0.25, 0.3) is 0 Å². The van der Waals surface area contributed by atoms with E-state index in [0.717, 1.165) is 12.0 Å². The summed E-state index contributed by atoms with van der Waals surface area (Å²) in [5.74, 6) is -1.14. The van der Waals surface area contributed by atoms with Gasteiger partial charge in [0.15, 0.2) is 0 Å². The summed E-state index contributed by atoms with van der Waals surface area (Å²) in [4.78, 5) is 23.8. The number of esters is 2. The molecule has 18 heavy (non-hydrogen) atoms. The van der Waals surface area contributed by atoms with Gasteiger partial charge in [-0.1, -0.05) is 6.92 Å². The van der Waals surface area contributed by atoms with Crippen LogP contribution < -0.4 is 0 Å². The maximum atomic E-state index is 11.9. The summed E-state index contributed by atoms with van der Waals surface area (Å²) in [6.07, 6.45) is -0.291. The fourth-order valence-corrected chi connectivity index (χ4v) is 2.29. The molecule has 6 heteroatoms. The van der Waals surface area contributed by atoms with Crippen molar-refractivity contribution in [1.82, 2.24) is 0 Å². The van der Waals surface area contributed by atoms with Gasteiger partial charge < -0.3 is 14.2 Å². The molecule has 0 unspecified atom stereocenters. The molecule has 100 valence electrons. The normalized spacial score (nSPS) is 11.9. The van der Waals surface area contributed by atoms with E-state index in [0.29, 0.717) is 4.88 Å². The minimum atomic E-state index is -1.03. The molecule has 1 aromatic heterocycles. The molecule has 1 rings (SSSR count). The molecule has 0 bridgehead atoms. The molecule has 0 aliphatic rings. The standard InChI is InChI=1S/C12H16O5S/c1-4-8-5-6-18-10(8)12(14)17-9(7-15-2)11(13)16-3/h5-6,9H,4,7H2,1-3H3/t9-/m1/s1. The Morgan fingerprint density at radius 1 is 1.39 bits per heavy atom. The predicted molar refractivity (Wildman–Crippen MR) is 66.8 cm³/mol. The molecule has 0 fully saturated rings. The van der Waals surface area contributed by atoms with Crippen LogP contribution in [0.5, 0.6) is 0 Å². The van der Waals surface area contributed by atoms with E-state index in [-0.39, 0.29) is 6.61 Å². The number of carbonyl (C=O) groups is 2. The zero-order chi connectivity index (χ0) is 13.5. The molecule has 0 aromatic carbocycles. The van der Waals surface area contributed by atoms with Crippen molar-refractivity contribution in [1.29, 1.82) is 0 Å². The number of thiophene rings is 1. The molecule has 0 saturated carbocycles. The molecule has 1 heterocycles. The number of hydrogen-bond acceptors (Lipinski definition) is 6. The third-order valence-electron chi connectivity index (χ3n) is 2.34. The minimum Gasteiger partial charge on any atom is -0.466 e. The molecule has 0 saturated heterocycles. The third-order valence-corrected chi connectivity index (χ3v) is 3.28. The number of rotatable bonds is 6. The lowest BCUT2D eigenvalue weighted by molar-refractivity contribution is -0.153. The highest BCUT2D eigenvalue weighted by Gasteiger charge is 2.25. The second kappa shape index (κ2) is 7.13. The number of aryl methyl sites for hydroxylation is 1. The largest absolute Gasteiger partial charge is 0.466 e. The van der Waals surface area contributed by atoms with Crippen LogP contribution in [0.15, 0.2) is 11.4 Å².